The topological polar surface area (TPSA) is 68.5 Å². The highest BCUT2D eigenvalue weighted by Gasteiger charge is 2.33. The van der Waals surface area contributed by atoms with E-state index in [4.69, 9.17) is 10.5 Å². The van der Waals surface area contributed by atoms with E-state index in [-0.39, 0.29) is 12.0 Å². The van der Waals surface area contributed by atoms with Gasteiger partial charge >= 0.3 is 5.97 Å². The monoisotopic (exact) mass is 235 g/mol. The minimum absolute atomic E-state index is 0.194. The number of ether oxygens (including phenoxy) is 1. The van der Waals surface area contributed by atoms with Gasteiger partial charge in [-0.2, -0.15) is 0 Å². The van der Waals surface area contributed by atoms with Crippen LogP contribution in [0.2, 0.25) is 0 Å². The number of carbonyl (C=O) groups excluding carboxylic acids is 1. The Bertz CT molecular complexity index is 434. The van der Waals surface area contributed by atoms with Crippen molar-refractivity contribution in [1.29, 1.82) is 0 Å². The fourth-order valence-corrected chi connectivity index (χ4v) is 2.29. The van der Waals surface area contributed by atoms with Crippen molar-refractivity contribution in [2.24, 2.45) is 0 Å². The Kier molecular flexibility index (Phi) is 3.17. The van der Waals surface area contributed by atoms with Crippen LogP contribution in [-0.2, 0) is 9.53 Å². The highest BCUT2D eigenvalue weighted by Crippen LogP contribution is 2.27. The second-order valence-electron chi connectivity index (χ2n) is 4.28. The van der Waals surface area contributed by atoms with Gasteiger partial charge in [0.15, 0.2) is 0 Å². The second kappa shape index (κ2) is 4.61. The summed E-state index contributed by atoms with van der Waals surface area (Å²) in [6.45, 7) is 2.78. The van der Waals surface area contributed by atoms with Crippen LogP contribution in [0.15, 0.2) is 12.3 Å². The molecular weight excluding hydrogens is 218 g/mol. The Morgan fingerprint density at radius 3 is 3.06 bits per heavy atom. The molecule has 0 radical (unpaired) electrons. The zero-order chi connectivity index (χ0) is 12.4. The van der Waals surface area contributed by atoms with Crippen molar-refractivity contribution in [3.05, 3.63) is 17.8 Å². The largest absolute Gasteiger partial charge is 0.467 e. The predicted octanol–water partition coefficient (Wildman–Crippen LogP) is 1.11. The van der Waals surface area contributed by atoms with Crippen LogP contribution in [0.3, 0.4) is 0 Å². The van der Waals surface area contributed by atoms with Crippen molar-refractivity contribution in [3.8, 4) is 0 Å². The van der Waals surface area contributed by atoms with Crippen molar-refractivity contribution in [2.75, 3.05) is 24.3 Å². The van der Waals surface area contributed by atoms with Gasteiger partial charge < -0.3 is 15.4 Å². The lowest BCUT2D eigenvalue weighted by Crippen LogP contribution is -2.37. The van der Waals surface area contributed by atoms with E-state index in [9.17, 15) is 4.79 Å². The van der Waals surface area contributed by atoms with Crippen LogP contribution < -0.4 is 10.6 Å². The molecule has 2 rings (SSSR count). The number of pyridine rings is 1. The molecule has 1 saturated heterocycles. The number of hydrogen-bond acceptors (Lipinski definition) is 5. The summed E-state index contributed by atoms with van der Waals surface area (Å²) in [4.78, 5) is 18.0. The first-order valence-corrected chi connectivity index (χ1v) is 5.70. The molecule has 0 spiro atoms. The van der Waals surface area contributed by atoms with Crippen molar-refractivity contribution < 1.29 is 9.53 Å². The first kappa shape index (κ1) is 11.7. The molecule has 1 aliphatic heterocycles. The molecule has 0 aromatic carbocycles. The molecule has 5 nitrogen and oxygen atoms in total. The van der Waals surface area contributed by atoms with Crippen LogP contribution in [0.1, 0.15) is 18.4 Å². The predicted molar refractivity (Wildman–Crippen MR) is 65.8 cm³/mol. The summed E-state index contributed by atoms with van der Waals surface area (Å²) in [6.07, 6.45) is 3.42. The smallest absolute Gasteiger partial charge is 0.328 e. The van der Waals surface area contributed by atoms with Crippen LogP contribution >= 0.6 is 0 Å². The van der Waals surface area contributed by atoms with E-state index in [1.165, 1.54) is 7.11 Å². The third kappa shape index (κ3) is 2.18. The lowest BCUT2D eigenvalue weighted by Gasteiger charge is -2.25. The number of aromatic nitrogens is 1. The first-order valence-electron chi connectivity index (χ1n) is 5.70. The molecule has 5 heteroatoms. The van der Waals surface area contributed by atoms with Crippen LogP contribution in [-0.4, -0.2) is 30.6 Å². The minimum atomic E-state index is -0.213. The van der Waals surface area contributed by atoms with Gasteiger partial charge in [0.1, 0.15) is 11.9 Å². The molecule has 1 aromatic rings. The molecule has 2 N–H and O–H groups in total. The summed E-state index contributed by atoms with van der Waals surface area (Å²) < 4.78 is 4.82. The Labute approximate surface area is 101 Å². The zero-order valence-corrected chi connectivity index (χ0v) is 10.1. The molecule has 1 atom stereocenters. The van der Waals surface area contributed by atoms with Crippen LogP contribution in [0.25, 0.3) is 0 Å². The molecule has 2 heterocycles. The summed E-state index contributed by atoms with van der Waals surface area (Å²) in [7, 11) is 1.42. The Hall–Kier alpha value is -1.78. The fraction of sp³-hybridized carbons (Fsp3) is 0.500. The fourth-order valence-electron chi connectivity index (χ4n) is 2.29. The van der Waals surface area contributed by atoms with Crippen molar-refractivity contribution in [2.45, 2.75) is 25.8 Å². The molecule has 1 fully saturated rings. The van der Waals surface area contributed by atoms with E-state index in [0.29, 0.717) is 5.69 Å². The number of anilines is 2. The number of aryl methyl sites for hydroxylation is 1. The standard InChI is InChI=1S/C12H17N3O2/c1-8-6-9(13)7-14-11(8)15-5-3-4-10(15)12(16)17-2/h6-7,10H,3-5,13H2,1-2H3. The van der Waals surface area contributed by atoms with Gasteiger partial charge in [-0.3, -0.25) is 0 Å². The van der Waals surface area contributed by atoms with Gasteiger partial charge in [0.2, 0.25) is 0 Å². The number of hydrogen-bond donors (Lipinski definition) is 1. The van der Waals surface area contributed by atoms with Gasteiger partial charge in [-0.15, -0.1) is 0 Å². The molecule has 0 bridgehead atoms. The number of esters is 1. The quantitative estimate of drug-likeness (QED) is 0.778. The van der Waals surface area contributed by atoms with Crippen LogP contribution in [0.4, 0.5) is 11.5 Å². The number of methoxy groups -OCH3 is 1. The highest BCUT2D eigenvalue weighted by atomic mass is 16.5. The SMILES string of the molecule is COC(=O)C1CCCN1c1ncc(N)cc1C. The summed E-state index contributed by atoms with van der Waals surface area (Å²) in [5, 5.41) is 0. The average molecular weight is 235 g/mol. The zero-order valence-electron chi connectivity index (χ0n) is 10.1. The summed E-state index contributed by atoms with van der Waals surface area (Å²) >= 11 is 0. The molecule has 0 amide bonds. The number of carbonyl (C=O) groups is 1. The summed E-state index contributed by atoms with van der Waals surface area (Å²) in [6, 6.07) is 1.66. The molecule has 92 valence electrons. The van der Waals surface area contributed by atoms with Crippen LogP contribution in [0, 0.1) is 6.92 Å². The van der Waals surface area contributed by atoms with Gasteiger partial charge in [-0.1, -0.05) is 0 Å². The maximum atomic E-state index is 11.7. The van der Waals surface area contributed by atoms with Gasteiger partial charge in [-0.05, 0) is 31.4 Å². The number of nitrogens with two attached hydrogens (primary N) is 1. The lowest BCUT2D eigenvalue weighted by molar-refractivity contribution is -0.141. The molecular formula is C12H17N3O2. The average Bonchev–Trinajstić information content (AvgIpc) is 2.77. The summed E-state index contributed by atoms with van der Waals surface area (Å²) in [5.41, 5.74) is 7.30. The second-order valence-corrected chi connectivity index (χ2v) is 4.28. The first-order chi connectivity index (χ1) is 8.13. The highest BCUT2D eigenvalue weighted by molar-refractivity contribution is 5.80. The van der Waals surface area contributed by atoms with Gasteiger partial charge in [0.25, 0.3) is 0 Å². The van der Waals surface area contributed by atoms with E-state index in [0.717, 1.165) is 30.8 Å². The third-order valence-corrected chi connectivity index (χ3v) is 3.07. The van der Waals surface area contributed by atoms with Crippen molar-refractivity contribution in [1.82, 2.24) is 4.98 Å². The molecule has 1 unspecified atom stereocenters. The number of rotatable bonds is 2. The van der Waals surface area contributed by atoms with Gasteiger partial charge in [-0.25, -0.2) is 9.78 Å². The Morgan fingerprint density at radius 1 is 1.65 bits per heavy atom. The molecule has 0 aliphatic carbocycles. The van der Waals surface area contributed by atoms with Gasteiger partial charge in [0, 0.05) is 6.54 Å². The molecule has 1 aliphatic rings. The third-order valence-electron chi connectivity index (χ3n) is 3.07. The van der Waals surface area contributed by atoms with E-state index < -0.39 is 0 Å². The van der Waals surface area contributed by atoms with E-state index in [1.807, 2.05) is 17.9 Å². The van der Waals surface area contributed by atoms with Gasteiger partial charge in [0.05, 0.1) is 19.0 Å². The Morgan fingerprint density at radius 2 is 2.41 bits per heavy atom. The maximum absolute atomic E-state index is 11.7. The van der Waals surface area contributed by atoms with E-state index in [1.54, 1.807) is 6.20 Å². The molecule has 1 aromatic heterocycles. The maximum Gasteiger partial charge on any atom is 0.328 e. The normalized spacial score (nSPS) is 19.4. The molecule has 17 heavy (non-hydrogen) atoms. The van der Waals surface area contributed by atoms with Crippen molar-refractivity contribution in [3.63, 3.8) is 0 Å². The summed E-state index contributed by atoms with van der Waals surface area (Å²) in [5.74, 6) is 0.632. The van der Waals surface area contributed by atoms with Crippen LogP contribution in [0.5, 0.6) is 0 Å². The van der Waals surface area contributed by atoms with E-state index in [2.05, 4.69) is 4.98 Å². The number of nitrogen functional groups attached to an aromatic ring is 1. The number of nitrogens with zero attached hydrogens (tertiary/aromatic N) is 2. The van der Waals surface area contributed by atoms with E-state index >= 15 is 0 Å². The Balaban J connectivity index is 2.29. The lowest BCUT2D eigenvalue weighted by atomic mass is 10.2. The van der Waals surface area contributed by atoms with Crippen molar-refractivity contribution >= 4 is 17.5 Å². The molecule has 0 saturated carbocycles. The minimum Gasteiger partial charge on any atom is -0.467 e.